The first-order chi connectivity index (χ1) is 7.40. The van der Waals surface area contributed by atoms with Crippen LogP contribution in [-0.4, -0.2) is 11.0 Å². The molecule has 1 saturated carbocycles. The van der Waals surface area contributed by atoms with Crippen LogP contribution in [0.5, 0.6) is 0 Å². The quantitative estimate of drug-likeness (QED) is 0.629. The molecule has 1 atom stereocenters. The van der Waals surface area contributed by atoms with E-state index in [0.29, 0.717) is 11.5 Å². The normalized spacial score (nSPS) is 21.6. The Morgan fingerprint density at radius 1 is 1.50 bits per heavy atom. The molecule has 0 radical (unpaired) electrons. The lowest BCUT2D eigenvalue weighted by Crippen LogP contribution is -2.09. The molecular formula is C12H16N2O2. The molecule has 0 spiro atoms. The minimum atomic E-state index is -0.363. The van der Waals surface area contributed by atoms with Crippen LogP contribution in [0.2, 0.25) is 0 Å². The monoisotopic (exact) mass is 220 g/mol. The van der Waals surface area contributed by atoms with Crippen LogP contribution in [0.15, 0.2) is 18.2 Å². The molecule has 2 rings (SSSR count). The van der Waals surface area contributed by atoms with Gasteiger partial charge in [-0.15, -0.1) is 0 Å². The lowest BCUT2D eigenvalue weighted by molar-refractivity contribution is -0.384. The molecule has 4 heteroatoms. The van der Waals surface area contributed by atoms with E-state index in [9.17, 15) is 10.1 Å². The van der Waals surface area contributed by atoms with Gasteiger partial charge < -0.3 is 5.32 Å². The summed E-state index contributed by atoms with van der Waals surface area (Å²) in [6, 6.07) is 5.44. The minimum absolute atomic E-state index is 0.151. The zero-order valence-electron chi connectivity index (χ0n) is 9.78. The van der Waals surface area contributed by atoms with Gasteiger partial charge in [-0.2, -0.15) is 0 Å². The number of nitrogens with one attached hydrogen (secondary N) is 1. The van der Waals surface area contributed by atoms with E-state index < -0.39 is 0 Å². The Morgan fingerprint density at radius 2 is 2.12 bits per heavy atom. The van der Waals surface area contributed by atoms with E-state index in [2.05, 4.69) is 19.2 Å². The number of non-ortho nitro benzene ring substituents is 1. The first-order valence-electron chi connectivity index (χ1n) is 5.42. The van der Waals surface area contributed by atoms with Crippen LogP contribution in [0, 0.1) is 22.5 Å². The number of rotatable bonds is 3. The van der Waals surface area contributed by atoms with Crippen molar-refractivity contribution in [3.63, 3.8) is 0 Å². The maximum Gasteiger partial charge on any atom is 0.269 e. The van der Waals surface area contributed by atoms with Gasteiger partial charge in [0.25, 0.3) is 5.69 Å². The second-order valence-electron chi connectivity index (χ2n) is 5.15. The summed E-state index contributed by atoms with van der Waals surface area (Å²) >= 11 is 0. The predicted molar refractivity (Wildman–Crippen MR) is 63.6 cm³/mol. The minimum Gasteiger partial charge on any atom is -0.382 e. The zero-order valence-corrected chi connectivity index (χ0v) is 9.78. The summed E-state index contributed by atoms with van der Waals surface area (Å²) < 4.78 is 0. The summed E-state index contributed by atoms with van der Waals surface area (Å²) in [6.07, 6.45) is 1.16. The number of nitro benzene ring substituents is 1. The summed E-state index contributed by atoms with van der Waals surface area (Å²) in [5, 5.41) is 14.0. The number of aryl methyl sites for hydroxylation is 1. The molecule has 16 heavy (non-hydrogen) atoms. The third-order valence-electron chi connectivity index (χ3n) is 3.26. The van der Waals surface area contributed by atoms with E-state index >= 15 is 0 Å². The van der Waals surface area contributed by atoms with Gasteiger partial charge in [-0.05, 0) is 30.4 Å². The molecule has 0 amide bonds. The fraction of sp³-hybridized carbons (Fsp3) is 0.500. The maximum atomic E-state index is 10.6. The molecule has 1 unspecified atom stereocenters. The van der Waals surface area contributed by atoms with Gasteiger partial charge in [-0.25, -0.2) is 0 Å². The first kappa shape index (κ1) is 10.9. The number of hydrogen-bond acceptors (Lipinski definition) is 3. The fourth-order valence-electron chi connectivity index (χ4n) is 1.82. The second kappa shape index (κ2) is 3.47. The van der Waals surface area contributed by atoms with Crippen molar-refractivity contribution in [2.45, 2.75) is 33.2 Å². The molecule has 1 aromatic rings. The van der Waals surface area contributed by atoms with Crippen molar-refractivity contribution in [3.05, 3.63) is 33.9 Å². The summed E-state index contributed by atoms with van der Waals surface area (Å²) in [5.41, 5.74) is 2.44. The van der Waals surface area contributed by atoms with Crippen molar-refractivity contribution in [2.24, 2.45) is 5.41 Å². The van der Waals surface area contributed by atoms with Gasteiger partial charge in [0.2, 0.25) is 0 Å². The van der Waals surface area contributed by atoms with Crippen LogP contribution in [-0.2, 0) is 0 Å². The van der Waals surface area contributed by atoms with Crippen LogP contribution in [0.1, 0.15) is 25.8 Å². The van der Waals surface area contributed by atoms with Crippen molar-refractivity contribution in [3.8, 4) is 0 Å². The highest BCUT2D eigenvalue weighted by Gasteiger charge is 2.45. The highest BCUT2D eigenvalue weighted by Crippen LogP contribution is 2.46. The molecule has 1 aliphatic rings. The van der Waals surface area contributed by atoms with Gasteiger partial charge >= 0.3 is 0 Å². The van der Waals surface area contributed by atoms with E-state index in [1.54, 1.807) is 18.2 Å². The molecule has 1 fully saturated rings. The van der Waals surface area contributed by atoms with Crippen LogP contribution in [0.25, 0.3) is 0 Å². The summed E-state index contributed by atoms with van der Waals surface area (Å²) in [7, 11) is 0. The molecule has 4 nitrogen and oxygen atoms in total. The molecule has 0 aromatic heterocycles. The van der Waals surface area contributed by atoms with E-state index in [1.165, 1.54) is 0 Å². The van der Waals surface area contributed by atoms with Crippen LogP contribution < -0.4 is 5.32 Å². The SMILES string of the molecule is Cc1cc([N+](=O)[O-])ccc1NC1CC1(C)C. The standard InChI is InChI=1S/C12H16N2O2/c1-8-6-9(14(15)16)4-5-10(8)13-11-7-12(11,2)3/h4-6,11,13H,7H2,1-3H3. The van der Waals surface area contributed by atoms with Gasteiger partial charge in [0.1, 0.15) is 0 Å². The van der Waals surface area contributed by atoms with Gasteiger partial charge in [-0.1, -0.05) is 13.8 Å². The molecule has 0 heterocycles. The molecule has 1 N–H and O–H groups in total. The number of benzene rings is 1. The molecule has 86 valence electrons. The number of nitrogens with zero attached hydrogens (tertiary/aromatic N) is 1. The number of nitro groups is 1. The first-order valence-corrected chi connectivity index (χ1v) is 5.42. The highest BCUT2D eigenvalue weighted by molar-refractivity contribution is 5.56. The van der Waals surface area contributed by atoms with Crippen LogP contribution in [0.4, 0.5) is 11.4 Å². The summed E-state index contributed by atoms with van der Waals surface area (Å²) in [6.45, 7) is 6.32. The maximum absolute atomic E-state index is 10.6. The van der Waals surface area contributed by atoms with Crippen LogP contribution in [0.3, 0.4) is 0 Å². The molecule has 1 aliphatic carbocycles. The Morgan fingerprint density at radius 3 is 2.56 bits per heavy atom. The summed E-state index contributed by atoms with van der Waals surface area (Å²) in [4.78, 5) is 10.2. The topological polar surface area (TPSA) is 55.2 Å². The number of anilines is 1. The van der Waals surface area contributed by atoms with E-state index in [-0.39, 0.29) is 10.6 Å². The van der Waals surface area contributed by atoms with E-state index in [1.807, 2.05) is 6.92 Å². The third-order valence-corrected chi connectivity index (χ3v) is 3.26. The summed E-state index contributed by atoms with van der Waals surface area (Å²) in [5.74, 6) is 0. The Bertz CT molecular complexity index is 441. The van der Waals surface area contributed by atoms with Gasteiger partial charge in [-0.3, -0.25) is 10.1 Å². The zero-order chi connectivity index (χ0) is 11.9. The smallest absolute Gasteiger partial charge is 0.269 e. The Balaban J connectivity index is 2.14. The van der Waals surface area contributed by atoms with Crippen molar-refractivity contribution in [1.29, 1.82) is 0 Å². The average molecular weight is 220 g/mol. The van der Waals surface area contributed by atoms with Crippen molar-refractivity contribution >= 4 is 11.4 Å². The average Bonchev–Trinajstić information content (AvgIpc) is 2.77. The Kier molecular flexibility index (Phi) is 2.37. The lowest BCUT2D eigenvalue weighted by Gasteiger charge is -2.10. The highest BCUT2D eigenvalue weighted by atomic mass is 16.6. The van der Waals surface area contributed by atoms with Crippen molar-refractivity contribution < 1.29 is 4.92 Å². The number of hydrogen-bond donors (Lipinski definition) is 1. The molecule has 1 aromatic carbocycles. The third kappa shape index (κ3) is 2.01. The lowest BCUT2D eigenvalue weighted by atomic mass is 10.1. The van der Waals surface area contributed by atoms with Gasteiger partial charge in [0.05, 0.1) is 4.92 Å². The Labute approximate surface area is 94.8 Å². The van der Waals surface area contributed by atoms with E-state index in [4.69, 9.17) is 0 Å². The molecule has 0 bridgehead atoms. The van der Waals surface area contributed by atoms with Crippen molar-refractivity contribution in [1.82, 2.24) is 0 Å². The van der Waals surface area contributed by atoms with Crippen molar-refractivity contribution in [2.75, 3.05) is 5.32 Å². The molecule has 0 aliphatic heterocycles. The molecular weight excluding hydrogens is 204 g/mol. The largest absolute Gasteiger partial charge is 0.382 e. The second-order valence-corrected chi connectivity index (χ2v) is 5.15. The Hall–Kier alpha value is -1.58. The van der Waals surface area contributed by atoms with Crippen LogP contribution >= 0.6 is 0 Å². The molecule has 0 saturated heterocycles. The predicted octanol–water partition coefficient (Wildman–Crippen LogP) is 3.11. The van der Waals surface area contributed by atoms with E-state index in [0.717, 1.165) is 17.7 Å². The van der Waals surface area contributed by atoms with Gasteiger partial charge in [0, 0.05) is 23.9 Å². The van der Waals surface area contributed by atoms with Gasteiger partial charge in [0.15, 0.2) is 0 Å². The fourth-order valence-corrected chi connectivity index (χ4v) is 1.82.